The average Bonchev–Trinajstić information content (AvgIpc) is 2.97. The fourth-order valence-corrected chi connectivity index (χ4v) is 15.9. The van der Waals surface area contributed by atoms with Crippen LogP contribution in [0.2, 0.25) is 4.82 Å². The van der Waals surface area contributed by atoms with Crippen molar-refractivity contribution in [1.29, 1.82) is 0 Å². The molecule has 12 nitrogen and oxygen atoms in total. The van der Waals surface area contributed by atoms with Gasteiger partial charge < -0.3 is 0 Å². The number of methoxy groups -OCH3 is 2. The zero-order chi connectivity index (χ0) is 61.9. The molecule has 13 atom stereocenters. The van der Waals surface area contributed by atoms with E-state index in [1.807, 2.05) is 109 Å². The number of rotatable bonds is 31. The first-order chi connectivity index (χ1) is 43.5. The van der Waals surface area contributed by atoms with Crippen molar-refractivity contribution in [1.82, 2.24) is 0 Å². The Morgan fingerprint density at radius 2 is 0.742 bits per heavy atom. The van der Waals surface area contributed by atoms with Gasteiger partial charge in [0.15, 0.2) is 0 Å². The molecule has 0 bridgehead atoms. The van der Waals surface area contributed by atoms with Crippen LogP contribution < -0.4 is 4.46 Å². The van der Waals surface area contributed by atoms with Gasteiger partial charge in [0.1, 0.15) is 0 Å². The van der Waals surface area contributed by atoms with Crippen LogP contribution in [-0.2, 0) is 96.5 Å². The monoisotopic (exact) mass is 1280 g/mol. The summed E-state index contributed by atoms with van der Waals surface area (Å²) in [6, 6.07) is 66.2. The predicted molar refractivity (Wildman–Crippen MR) is 348 cm³/mol. The van der Waals surface area contributed by atoms with Crippen LogP contribution in [0.25, 0.3) is 0 Å². The van der Waals surface area contributed by atoms with E-state index in [4.69, 9.17) is 56.8 Å². The van der Waals surface area contributed by atoms with Crippen LogP contribution in [-0.4, -0.2) is 116 Å². The van der Waals surface area contributed by atoms with Crippen molar-refractivity contribution in [2.75, 3.05) is 27.4 Å². The summed E-state index contributed by atoms with van der Waals surface area (Å²) in [7, 11) is 3.33. The van der Waals surface area contributed by atoms with Crippen molar-refractivity contribution in [3.8, 4) is 0 Å². The Labute approximate surface area is 535 Å². The van der Waals surface area contributed by atoms with Gasteiger partial charge in [-0.25, -0.2) is 0 Å². The Morgan fingerprint density at radius 1 is 0.382 bits per heavy atom. The van der Waals surface area contributed by atoms with Crippen molar-refractivity contribution in [2.45, 2.75) is 190 Å². The summed E-state index contributed by atoms with van der Waals surface area (Å²) >= 11 is -0.0617. The van der Waals surface area contributed by atoms with Crippen LogP contribution in [0.4, 0.5) is 0 Å². The summed E-state index contributed by atoms with van der Waals surface area (Å²) in [5, 5.41) is 0. The molecule has 3 saturated heterocycles. The average molecular weight is 1280 g/mol. The van der Waals surface area contributed by atoms with E-state index in [1.165, 1.54) is 21.2 Å². The molecular weight excluding hydrogens is 1180 g/mol. The molecule has 3 heterocycles. The van der Waals surface area contributed by atoms with Crippen LogP contribution in [0.1, 0.15) is 122 Å². The standard InChI is InChI=1S/C76H92O12Se/c1-51(2)60-39-62(52(3)4)74(63(40-60)53(5)6)89-67-42-61(41-64-68(80-44-55-29-17-10-18-30-55)70(81-45-56-31-19-11-20-32-56)72(75(77-7)87-64)83-47-58-35-23-13-24-36-58)86-65(67)50-85-69-66(49-79-43-54-27-15-9-16-28-54)88-76(78-8)73(84-48-59-37-25-14-26-38-59)71(69)82-46-57-33-21-12-22-34-57/h9-40,51-53,61,64-73,75-76H,41-50H2,1-8H3/t61-,64+,65+,66+,67-,68+,69+,70-,71-,72+,73+,75-,76-/m0/s1. The first kappa shape index (κ1) is 66.5. The molecule has 3 aliphatic heterocycles. The molecule has 0 unspecified atom stereocenters. The first-order valence-electron chi connectivity index (χ1n) is 31.9. The Hall–Kier alpha value is -5.42. The minimum atomic E-state index is -0.794. The summed E-state index contributed by atoms with van der Waals surface area (Å²) in [6.45, 7) is 16.4. The van der Waals surface area contributed by atoms with E-state index in [0.29, 0.717) is 63.8 Å². The van der Waals surface area contributed by atoms with Gasteiger partial charge in [-0.05, 0) is 0 Å². The Morgan fingerprint density at radius 3 is 1.12 bits per heavy atom. The molecule has 0 aromatic heterocycles. The fraction of sp³-hybridized carbons (Fsp3) is 0.447. The van der Waals surface area contributed by atoms with E-state index in [-0.39, 0.29) is 45.2 Å². The van der Waals surface area contributed by atoms with Crippen LogP contribution in [0.5, 0.6) is 0 Å². The predicted octanol–water partition coefficient (Wildman–Crippen LogP) is 14.0. The number of benzene rings is 7. The Balaban J connectivity index is 1.00. The summed E-state index contributed by atoms with van der Waals surface area (Å²) < 4.78 is 84.8. The zero-order valence-electron chi connectivity index (χ0n) is 53.1. The molecule has 0 aliphatic carbocycles. The summed E-state index contributed by atoms with van der Waals surface area (Å²) in [5.74, 6) is 1.01. The van der Waals surface area contributed by atoms with E-state index in [2.05, 4.69) is 126 Å². The van der Waals surface area contributed by atoms with E-state index in [0.717, 1.165) is 39.8 Å². The second-order valence-corrected chi connectivity index (χ2v) is 27.2. The number of hydrogen-bond donors (Lipinski definition) is 0. The molecule has 7 aromatic carbocycles. The Bertz CT molecular complexity index is 3090. The molecule has 0 saturated carbocycles. The van der Waals surface area contributed by atoms with E-state index in [9.17, 15) is 0 Å². The SMILES string of the molecule is CO[C@H]1O[C@H](COCc2ccccc2)[C@@H](OC[C@H]2O[C@@H](C[C@H]3O[C@H](OC)[C@H](OCc4ccccc4)[C@@H](OCc4ccccc4)[C@@H]3OCc3ccccc3)C[C@@H]2[Se]c2c(C(C)C)cc(C(C)C)cc2C(C)C)[C@H](OCc2ccccc2)[C@H]1OCc1ccccc1. The molecule has 7 aromatic rings. The molecule has 3 aliphatic rings. The number of hydrogen-bond acceptors (Lipinski definition) is 12. The summed E-state index contributed by atoms with van der Waals surface area (Å²) in [6.07, 6.45) is -5.89. The second-order valence-electron chi connectivity index (χ2n) is 24.6. The minimum absolute atomic E-state index is 0.0617. The van der Waals surface area contributed by atoms with E-state index >= 15 is 0 Å². The van der Waals surface area contributed by atoms with Crippen molar-refractivity contribution < 1.29 is 56.8 Å². The topological polar surface area (TPSA) is 111 Å². The molecule has 3 fully saturated rings. The molecule has 0 spiro atoms. The van der Waals surface area contributed by atoms with Gasteiger partial charge in [-0.3, -0.25) is 0 Å². The third kappa shape index (κ3) is 18.4. The Kier molecular flexibility index (Phi) is 25.2. The quantitative estimate of drug-likeness (QED) is 0.0386. The van der Waals surface area contributed by atoms with Gasteiger partial charge in [0.25, 0.3) is 0 Å². The maximum atomic E-state index is 7.57. The van der Waals surface area contributed by atoms with Gasteiger partial charge in [0.05, 0.1) is 0 Å². The molecular formula is C76H92O12Se. The third-order valence-corrected chi connectivity index (χ3v) is 20.2. The van der Waals surface area contributed by atoms with Crippen molar-refractivity contribution in [3.63, 3.8) is 0 Å². The van der Waals surface area contributed by atoms with Crippen LogP contribution in [0.3, 0.4) is 0 Å². The zero-order valence-corrected chi connectivity index (χ0v) is 54.8. The van der Waals surface area contributed by atoms with Gasteiger partial charge in [-0.15, -0.1) is 0 Å². The molecule has 0 N–H and O–H groups in total. The molecule has 0 amide bonds. The van der Waals surface area contributed by atoms with Crippen molar-refractivity contribution >= 4 is 19.4 Å². The van der Waals surface area contributed by atoms with Gasteiger partial charge in [-0.1, -0.05) is 36.4 Å². The normalized spacial score (nSPS) is 25.5. The number of ether oxygens (including phenoxy) is 12. The fourth-order valence-electron chi connectivity index (χ4n) is 12.2. The van der Waals surface area contributed by atoms with Gasteiger partial charge in [0.2, 0.25) is 0 Å². The first-order valence-corrected chi connectivity index (χ1v) is 33.7. The maximum absolute atomic E-state index is 7.57. The van der Waals surface area contributed by atoms with E-state index in [1.54, 1.807) is 14.2 Å². The van der Waals surface area contributed by atoms with Crippen molar-refractivity contribution in [2.24, 2.45) is 0 Å². The van der Waals surface area contributed by atoms with Gasteiger partial charge in [0, 0.05) is 0 Å². The third-order valence-electron chi connectivity index (χ3n) is 17.0. The van der Waals surface area contributed by atoms with Crippen LogP contribution in [0, 0.1) is 0 Å². The molecule has 10 rings (SSSR count). The molecule has 0 radical (unpaired) electrons. The molecule has 89 heavy (non-hydrogen) atoms. The van der Waals surface area contributed by atoms with Gasteiger partial charge >= 0.3 is 502 Å². The molecule has 474 valence electrons. The van der Waals surface area contributed by atoms with Crippen LogP contribution in [0.15, 0.2) is 194 Å². The molecule has 13 heteroatoms. The summed E-state index contributed by atoms with van der Waals surface area (Å²) in [5.41, 5.74) is 10.4. The van der Waals surface area contributed by atoms with Crippen molar-refractivity contribution in [3.05, 3.63) is 244 Å². The second kappa shape index (κ2) is 33.8. The summed E-state index contributed by atoms with van der Waals surface area (Å²) in [4.78, 5) is 0.0859. The van der Waals surface area contributed by atoms with E-state index < -0.39 is 61.4 Å². The van der Waals surface area contributed by atoms with Crippen LogP contribution >= 0.6 is 0 Å². The van der Waals surface area contributed by atoms with Gasteiger partial charge in [-0.2, -0.15) is 0 Å².